The molecule has 0 aliphatic carbocycles. The van der Waals surface area contributed by atoms with E-state index < -0.39 is 6.61 Å². The van der Waals surface area contributed by atoms with Crippen molar-refractivity contribution in [2.75, 3.05) is 5.32 Å². The molecule has 0 saturated heterocycles. The van der Waals surface area contributed by atoms with Gasteiger partial charge in [0.15, 0.2) is 0 Å². The summed E-state index contributed by atoms with van der Waals surface area (Å²) in [5.41, 5.74) is 3.60. The van der Waals surface area contributed by atoms with Gasteiger partial charge in [0.05, 0.1) is 23.1 Å². The fourth-order valence-corrected chi connectivity index (χ4v) is 4.60. The summed E-state index contributed by atoms with van der Waals surface area (Å²) in [6.07, 6.45) is 0.621. The van der Waals surface area contributed by atoms with Crippen LogP contribution in [0, 0.1) is 0 Å². The van der Waals surface area contributed by atoms with Crippen LogP contribution >= 0.6 is 27.5 Å². The van der Waals surface area contributed by atoms with Gasteiger partial charge in [-0.05, 0) is 48.4 Å². The maximum absolute atomic E-state index is 13.1. The first-order valence-corrected chi connectivity index (χ1v) is 10.9. The van der Waals surface area contributed by atoms with Crippen molar-refractivity contribution in [3.63, 3.8) is 0 Å². The van der Waals surface area contributed by atoms with E-state index in [4.69, 9.17) is 21.3 Å². The minimum absolute atomic E-state index is 0.0446. The predicted molar refractivity (Wildman–Crippen MR) is 121 cm³/mol. The molecule has 0 bridgehead atoms. The summed E-state index contributed by atoms with van der Waals surface area (Å²) >= 11 is 9.54. The summed E-state index contributed by atoms with van der Waals surface area (Å²) in [6, 6.07) is 20.6. The van der Waals surface area contributed by atoms with E-state index in [1.807, 2.05) is 36.4 Å². The van der Waals surface area contributed by atoms with Crippen LogP contribution in [-0.4, -0.2) is 16.2 Å². The second-order valence-corrected chi connectivity index (χ2v) is 8.71. The number of ether oxygens (including phenoxy) is 1. The summed E-state index contributed by atoms with van der Waals surface area (Å²) in [7, 11) is 0. The zero-order valence-electron chi connectivity index (χ0n) is 16.1. The lowest BCUT2D eigenvalue weighted by Gasteiger charge is -2.34. The number of aromatic nitrogens is 2. The number of nitrogens with one attached hydrogen (secondary N) is 1. The number of para-hydroxylation sites is 2. The monoisotopic (exact) mass is 503 g/mol. The van der Waals surface area contributed by atoms with E-state index in [0.29, 0.717) is 23.0 Å². The topological polar surface area (TPSA) is 39.1 Å². The standard InChI is InChI=1S/C23H17BrClF2N3O/c24-14-7-5-13(6-8-14)20-12-18(16-10-9-15(25)11-21(16)31-22(26)27)29-23-28-17-3-1-2-4-19(17)30(20)23/h1-11,18,20,22H,12H2,(H,28,29)/t18-,20-/m0/s1. The normalized spacial score (nSPS) is 18.1. The summed E-state index contributed by atoms with van der Waals surface area (Å²) in [5.74, 6) is 0.752. The Hall–Kier alpha value is -2.64. The van der Waals surface area contributed by atoms with E-state index in [1.54, 1.807) is 12.1 Å². The quantitative estimate of drug-likeness (QED) is 0.319. The van der Waals surface area contributed by atoms with Crippen molar-refractivity contribution in [1.29, 1.82) is 0 Å². The van der Waals surface area contributed by atoms with Gasteiger partial charge in [0.1, 0.15) is 5.75 Å². The second-order valence-electron chi connectivity index (χ2n) is 7.35. The SMILES string of the molecule is FC(F)Oc1cc(Cl)ccc1[C@@H]1C[C@@H](c2ccc(Br)cc2)n2c(nc3ccccc32)N1. The molecule has 3 aromatic carbocycles. The molecule has 158 valence electrons. The molecule has 31 heavy (non-hydrogen) atoms. The van der Waals surface area contributed by atoms with Crippen LogP contribution in [0.5, 0.6) is 5.75 Å². The van der Waals surface area contributed by atoms with E-state index in [1.165, 1.54) is 6.07 Å². The van der Waals surface area contributed by atoms with Gasteiger partial charge in [-0.3, -0.25) is 0 Å². The van der Waals surface area contributed by atoms with Crippen molar-refractivity contribution in [2.45, 2.75) is 25.1 Å². The number of halogens is 4. The summed E-state index contributed by atoms with van der Waals surface area (Å²) in [5, 5.41) is 3.76. The number of hydrogen-bond donors (Lipinski definition) is 1. The molecule has 0 unspecified atom stereocenters. The Balaban J connectivity index is 1.64. The molecule has 0 spiro atoms. The third-order valence-corrected chi connectivity index (χ3v) is 6.26. The number of imidazole rings is 1. The third-order valence-electron chi connectivity index (χ3n) is 5.49. The number of rotatable bonds is 4. The Morgan fingerprint density at radius 2 is 1.87 bits per heavy atom. The molecule has 2 atom stereocenters. The molecule has 8 heteroatoms. The van der Waals surface area contributed by atoms with Gasteiger partial charge >= 0.3 is 6.61 Å². The zero-order chi connectivity index (χ0) is 21.5. The second kappa shape index (κ2) is 8.13. The fraction of sp³-hybridized carbons (Fsp3) is 0.174. The van der Waals surface area contributed by atoms with Gasteiger partial charge in [-0.1, -0.05) is 57.9 Å². The van der Waals surface area contributed by atoms with Gasteiger partial charge in [-0.2, -0.15) is 8.78 Å². The largest absolute Gasteiger partial charge is 0.434 e. The number of fused-ring (bicyclic) bond motifs is 3. The number of anilines is 1. The van der Waals surface area contributed by atoms with Crippen molar-refractivity contribution in [3.8, 4) is 5.75 Å². The lowest BCUT2D eigenvalue weighted by Crippen LogP contribution is -2.27. The average molecular weight is 505 g/mol. The molecule has 0 amide bonds. The fourth-order valence-electron chi connectivity index (χ4n) is 4.17. The summed E-state index contributed by atoms with van der Waals surface area (Å²) < 4.78 is 34.0. The highest BCUT2D eigenvalue weighted by Crippen LogP contribution is 2.44. The number of nitrogens with zero attached hydrogens (tertiary/aromatic N) is 2. The molecule has 1 N–H and O–H groups in total. The number of benzene rings is 3. The Morgan fingerprint density at radius 3 is 2.65 bits per heavy atom. The van der Waals surface area contributed by atoms with Gasteiger partial charge in [0, 0.05) is 15.1 Å². The highest BCUT2D eigenvalue weighted by Gasteiger charge is 2.32. The molecule has 4 nitrogen and oxygen atoms in total. The van der Waals surface area contributed by atoms with Crippen LogP contribution in [0.1, 0.15) is 29.6 Å². The van der Waals surface area contributed by atoms with Crippen LogP contribution in [0.4, 0.5) is 14.7 Å². The van der Waals surface area contributed by atoms with Crippen LogP contribution in [0.3, 0.4) is 0 Å². The molecular formula is C23H17BrClF2N3O. The van der Waals surface area contributed by atoms with Crippen LogP contribution in [0.2, 0.25) is 5.02 Å². The molecule has 0 radical (unpaired) electrons. The molecule has 0 fully saturated rings. The van der Waals surface area contributed by atoms with E-state index in [-0.39, 0.29) is 17.8 Å². The summed E-state index contributed by atoms with van der Waals surface area (Å²) in [6.45, 7) is -2.94. The highest BCUT2D eigenvalue weighted by molar-refractivity contribution is 9.10. The lowest BCUT2D eigenvalue weighted by atomic mass is 9.92. The third kappa shape index (κ3) is 3.88. The van der Waals surface area contributed by atoms with Crippen molar-refractivity contribution in [2.24, 2.45) is 0 Å². The van der Waals surface area contributed by atoms with E-state index in [9.17, 15) is 8.78 Å². The molecule has 4 aromatic rings. The smallest absolute Gasteiger partial charge is 0.387 e. The molecular weight excluding hydrogens is 488 g/mol. The minimum atomic E-state index is -2.94. The first kappa shape index (κ1) is 20.3. The Bertz CT molecular complexity index is 1250. The molecule has 2 heterocycles. The van der Waals surface area contributed by atoms with Crippen molar-refractivity contribution < 1.29 is 13.5 Å². The lowest BCUT2D eigenvalue weighted by molar-refractivity contribution is -0.0506. The number of alkyl halides is 2. The van der Waals surface area contributed by atoms with Crippen LogP contribution in [-0.2, 0) is 0 Å². The van der Waals surface area contributed by atoms with Gasteiger partial charge in [0.2, 0.25) is 5.95 Å². The van der Waals surface area contributed by atoms with E-state index >= 15 is 0 Å². The van der Waals surface area contributed by atoms with Crippen molar-refractivity contribution >= 4 is 44.5 Å². The van der Waals surface area contributed by atoms with Crippen LogP contribution < -0.4 is 10.1 Å². The van der Waals surface area contributed by atoms with E-state index in [0.717, 1.165) is 21.1 Å². The Labute approximate surface area is 190 Å². The van der Waals surface area contributed by atoms with Gasteiger partial charge in [-0.15, -0.1) is 0 Å². The van der Waals surface area contributed by atoms with Crippen LogP contribution in [0.25, 0.3) is 11.0 Å². The molecule has 1 aliphatic rings. The summed E-state index contributed by atoms with van der Waals surface area (Å²) in [4.78, 5) is 4.76. The Morgan fingerprint density at radius 1 is 1.10 bits per heavy atom. The van der Waals surface area contributed by atoms with Gasteiger partial charge in [0.25, 0.3) is 0 Å². The minimum Gasteiger partial charge on any atom is -0.434 e. The van der Waals surface area contributed by atoms with E-state index in [2.05, 4.69) is 37.9 Å². The molecule has 5 rings (SSSR count). The first-order chi connectivity index (χ1) is 15.0. The van der Waals surface area contributed by atoms with Crippen molar-refractivity contribution in [1.82, 2.24) is 9.55 Å². The predicted octanol–water partition coefficient (Wildman–Crippen LogP) is 7.20. The van der Waals surface area contributed by atoms with Gasteiger partial charge in [-0.25, -0.2) is 4.98 Å². The maximum atomic E-state index is 13.1. The first-order valence-electron chi connectivity index (χ1n) is 9.73. The van der Waals surface area contributed by atoms with Crippen molar-refractivity contribution in [3.05, 3.63) is 87.4 Å². The zero-order valence-corrected chi connectivity index (χ0v) is 18.4. The maximum Gasteiger partial charge on any atom is 0.387 e. The molecule has 1 aliphatic heterocycles. The highest BCUT2D eigenvalue weighted by atomic mass is 79.9. The van der Waals surface area contributed by atoms with Crippen LogP contribution in [0.15, 0.2) is 71.2 Å². The molecule has 0 saturated carbocycles. The van der Waals surface area contributed by atoms with Gasteiger partial charge < -0.3 is 14.6 Å². The number of hydrogen-bond acceptors (Lipinski definition) is 3. The molecule has 1 aromatic heterocycles. The average Bonchev–Trinajstić information content (AvgIpc) is 3.12. The Kier molecular flexibility index (Phi) is 5.32.